The van der Waals surface area contributed by atoms with E-state index in [0.29, 0.717) is 0 Å². The Balaban J connectivity index is 2.75. The molecule has 19 heavy (non-hydrogen) atoms. The van der Waals surface area contributed by atoms with Crippen molar-refractivity contribution in [2.75, 3.05) is 0 Å². The first-order valence-electron chi connectivity index (χ1n) is 5.22. The van der Waals surface area contributed by atoms with Gasteiger partial charge in [-0.15, -0.1) is 0 Å². The molecule has 0 amide bonds. The molecule has 1 aromatic heterocycles. The standard InChI is InChI=1S/C11H9FN2O5/c12-6-1-2-7-8(3-6)14(5-10(17)18)11(19)13(7)4-9(15)16/h1-3H,4-5H2,(H,15,16)(H,17,18). The third-order valence-corrected chi connectivity index (χ3v) is 2.57. The van der Waals surface area contributed by atoms with Crippen LogP contribution in [0.25, 0.3) is 11.0 Å². The molecule has 0 radical (unpaired) electrons. The van der Waals surface area contributed by atoms with E-state index < -0.39 is 36.5 Å². The molecule has 100 valence electrons. The van der Waals surface area contributed by atoms with E-state index in [-0.39, 0.29) is 11.0 Å². The average Bonchev–Trinajstić information content (AvgIpc) is 2.53. The molecule has 0 aliphatic heterocycles. The van der Waals surface area contributed by atoms with Crippen LogP contribution in [0.15, 0.2) is 23.0 Å². The molecule has 1 aromatic carbocycles. The van der Waals surface area contributed by atoms with Gasteiger partial charge in [-0.3, -0.25) is 18.7 Å². The molecule has 7 nitrogen and oxygen atoms in total. The molecular formula is C11H9FN2O5. The van der Waals surface area contributed by atoms with Crippen LogP contribution in [-0.2, 0) is 22.7 Å². The van der Waals surface area contributed by atoms with Gasteiger partial charge in [0.2, 0.25) is 0 Å². The van der Waals surface area contributed by atoms with Crippen LogP contribution >= 0.6 is 0 Å². The lowest BCUT2D eigenvalue weighted by atomic mass is 10.3. The molecule has 0 saturated heterocycles. The van der Waals surface area contributed by atoms with Crippen LogP contribution in [0.4, 0.5) is 4.39 Å². The monoisotopic (exact) mass is 268 g/mol. The number of imidazole rings is 1. The van der Waals surface area contributed by atoms with Crippen molar-refractivity contribution in [3.63, 3.8) is 0 Å². The van der Waals surface area contributed by atoms with Gasteiger partial charge in [0.05, 0.1) is 11.0 Å². The van der Waals surface area contributed by atoms with Crippen LogP contribution < -0.4 is 5.69 Å². The normalized spacial score (nSPS) is 10.8. The number of carboxylic acid groups (broad SMARTS) is 2. The first-order chi connectivity index (χ1) is 8.90. The largest absolute Gasteiger partial charge is 0.480 e. The Morgan fingerprint density at radius 3 is 2.11 bits per heavy atom. The van der Waals surface area contributed by atoms with E-state index in [0.717, 1.165) is 21.3 Å². The SMILES string of the molecule is O=C(O)Cn1c(=O)n(CC(=O)O)c2cc(F)ccc21. The van der Waals surface area contributed by atoms with Gasteiger partial charge >= 0.3 is 17.6 Å². The molecule has 2 aromatic rings. The number of nitrogens with zero attached hydrogens (tertiary/aromatic N) is 2. The second-order valence-electron chi connectivity index (χ2n) is 3.88. The summed E-state index contributed by atoms with van der Waals surface area (Å²) in [5, 5.41) is 17.5. The summed E-state index contributed by atoms with van der Waals surface area (Å²) in [7, 11) is 0. The first kappa shape index (κ1) is 12.8. The molecule has 2 N–H and O–H groups in total. The van der Waals surface area contributed by atoms with Crippen LogP contribution in [0.3, 0.4) is 0 Å². The van der Waals surface area contributed by atoms with Crippen molar-refractivity contribution in [3.8, 4) is 0 Å². The van der Waals surface area contributed by atoms with Crippen molar-refractivity contribution in [2.24, 2.45) is 0 Å². The highest BCUT2D eigenvalue weighted by Gasteiger charge is 2.17. The summed E-state index contributed by atoms with van der Waals surface area (Å²) >= 11 is 0. The fourth-order valence-corrected chi connectivity index (χ4v) is 1.87. The van der Waals surface area contributed by atoms with E-state index in [1.165, 1.54) is 6.07 Å². The molecule has 2 rings (SSSR count). The summed E-state index contributed by atoms with van der Waals surface area (Å²) in [5.41, 5.74) is -0.575. The Kier molecular flexibility index (Phi) is 3.07. The van der Waals surface area contributed by atoms with Gasteiger partial charge in [-0.25, -0.2) is 9.18 Å². The van der Waals surface area contributed by atoms with E-state index in [1.807, 2.05) is 0 Å². The van der Waals surface area contributed by atoms with Crippen LogP contribution in [0, 0.1) is 5.82 Å². The predicted octanol–water partition coefficient (Wildman–Crippen LogP) is 0.111. The number of fused-ring (bicyclic) bond motifs is 1. The maximum absolute atomic E-state index is 13.2. The summed E-state index contributed by atoms with van der Waals surface area (Å²) < 4.78 is 14.9. The van der Waals surface area contributed by atoms with E-state index in [2.05, 4.69) is 0 Å². The minimum Gasteiger partial charge on any atom is -0.480 e. The first-order valence-corrected chi connectivity index (χ1v) is 5.22. The highest BCUT2D eigenvalue weighted by atomic mass is 19.1. The third kappa shape index (κ3) is 2.32. The van der Waals surface area contributed by atoms with Gasteiger partial charge in [0.15, 0.2) is 0 Å². The summed E-state index contributed by atoms with van der Waals surface area (Å²) in [5.74, 6) is -3.17. The Morgan fingerprint density at radius 2 is 1.58 bits per heavy atom. The van der Waals surface area contributed by atoms with Gasteiger partial charge < -0.3 is 10.2 Å². The van der Waals surface area contributed by atoms with Gasteiger partial charge in [-0.2, -0.15) is 0 Å². The highest BCUT2D eigenvalue weighted by molar-refractivity contribution is 5.80. The number of benzene rings is 1. The van der Waals surface area contributed by atoms with Crippen LogP contribution in [0.1, 0.15) is 0 Å². The Labute approximate surface area is 105 Å². The molecule has 1 heterocycles. The molecule has 0 aliphatic rings. The Morgan fingerprint density at radius 1 is 1.05 bits per heavy atom. The Bertz CT molecular complexity index is 730. The highest BCUT2D eigenvalue weighted by Crippen LogP contribution is 2.15. The fourth-order valence-electron chi connectivity index (χ4n) is 1.87. The molecule has 0 unspecified atom stereocenters. The summed E-state index contributed by atoms with van der Waals surface area (Å²) in [6.07, 6.45) is 0. The number of aliphatic carboxylic acids is 2. The Hall–Kier alpha value is -2.64. The maximum Gasteiger partial charge on any atom is 0.330 e. The molecular weight excluding hydrogens is 259 g/mol. The van der Waals surface area contributed by atoms with Gasteiger partial charge in [-0.05, 0) is 18.2 Å². The van der Waals surface area contributed by atoms with Gasteiger partial charge in [0.25, 0.3) is 0 Å². The van der Waals surface area contributed by atoms with Crippen molar-refractivity contribution in [1.29, 1.82) is 0 Å². The molecule has 0 atom stereocenters. The molecule has 0 bridgehead atoms. The quantitative estimate of drug-likeness (QED) is 0.819. The number of hydrogen-bond donors (Lipinski definition) is 2. The number of carbonyl (C=O) groups is 2. The van der Waals surface area contributed by atoms with E-state index >= 15 is 0 Å². The van der Waals surface area contributed by atoms with E-state index in [4.69, 9.17) is 10.2 Å². The van der Waals surface area contributed by atoms with Gasteiger partial charge in [-0.1, -0.05) is 0 Å². The van der Waals surface area contributed by atoms with Crippen LogP contribution in [0.5, 0.6) is 0 Å². The molecule has 0 fully saturated rings. The number of halogens is 1. The van der Waals surface area contributed by atoms with Gasteiger partial charge in [0, 0.05) is 0 Å². The van der Waals surface area contributed by atoms with Crippen molar-refractivity contribution in [3.05, 3.63) is 34.5 Å². The molecule has 0 saturated carbocycles. The second kappa shape index (κ2) is 4.56. The van der Waals surface area contributed by atoms with E-state index in [1.54, 1.807) is 0 Å². The second-order valence-corrected chi connectivity index (χ2v) is 3.88. The number of aromatic nitrogens is 2. The van der Waals surface area contributed by atoms with Crippen molar-refractivity contribution >= 4 is 23.0 Å². The minimum absolute atomic E-state index is 0.0497. The molecule has 8 heteroatoms. The van der Waals surface area contributed by atoms with Crippen LogP contribution in [0.2, 0.25) is 0 Å². The number of hydrogen-bond acceptors (Lipinski definition) is 3. The van der Waals surface area contributed by atoms with Crippen molar-refractivity contribution in [1.82, 2.24) is 9.13 Å². The van der Waals surface area contributed by atoms with Gasteiger partial charge in [0.1, 0.15) is 18.9 Å². The van der Waals surface area contributed by atoms with Crippen molar-refractivity contribution in [2.45, 2.75) is 13.1 Å². The zero-order valence-electron chi connectivity index (χ0n) is 9.54. The number of carboxylic acids is 2. The minimum atomic E-state index is -1.28. The maximum atomic E-state index is 13.2. The summed E-state index contributed by atoms with van der Waals surface area (Å²) in [4.78, 5) is 33.4. The molecule has 0 aliphatic carbocycles. The number of rotatable bonds is 4. The summed E-state index contributed by atoms with van der Waals surface area (Å²) in [6, 6.07) is 3.32. The topological polar surface area (TPSA) is 102 Å². The lowest BCUT2D eigenvalue weighted by Crippen LogP contribution is -2.28. The lowest BCUT2D eigenvalue weighted by molar-refractivity contribution is -0.138. The molecule has 0 spiro atoms. The summed E-state index contributed by atoms with van der Waals surface area (Å²) in [6.45, 7) is -1.28. The zero-order valence-corrected chi connectivity index (χ0v) is 9.54. The smallest absolute Gasteiger partial charge is 0.330 e. The van der Waals surface area contributed by atoms with Crippen LogP contribution in [-0.4, -0.2) is 31.3 Å². The predicted molar refractivity (Wildman–Crippen MR) is 61.4 cm³/mol. The third-order valence-electron chi connectivity index (χ3n) is 2.57. The fraction of sp³-hybridized carbons (Fsp3) is 0.182. The zero-order chi connectivity index (χ0) is 14.2. The average molecular weight is 268 g/mol. The van der Waals surface area contributed by atoms with Crippen molar-refractivity contribution < 1.29 is 24.2 Å². The van der Waals surface area contributed by atoms with E-state index in [9.17, 15) is 18.8 Å². The lowest BCUT2D eigenvalue weighted by Gasteiger charge is -1.98.